The molecule has 0 bridgehead atoms. The topological polar surface area (TPSA) is 83.1 Å². The molecule has 3 aromatic rings. The minimum atomic E-state index is -0.458. The van der Waals surface area contributed by atoms with Gasteiger partial charge in [0.2, 0.25) is 0 Å². The number of nitrogens with zero attached hydrogens (tertiary/aromatic N) is 4. The number of anilines is 1. The van der Waals surface area contributed by atoms with Crippen molar-refractivity contribution in [2.75, 3.05) is 11.4 Å². The zero-order valence-corrected chi connectivity index (χ0v) is 14.1. The maximum Gasteiger partial charge on any atom is 0.270 e. The van der Waals surface area contributed by atoms with Gasteiger partial charge in [-0.2, -0.15) is 5.26 Å². The zero-order chi connectivity index (χ0) is 18.1. The third-order valence-corrected chi connectivity index (χ3v) is 4.79. The standard InChI is InChI=1S/C20H16N4O2/c21-12-16-10-20(22-19-8-7-17(24(25)26)11-18(16)19)23-9-3-6-14-4-1-2-5-15(14)13-23/h1-2,4-5,7-8,10-11H,3,6,9,13H2. The molecule has 128 valence electrons. The molecule has 6 nitrogen and oxygen atoms in total. The molecule has 0 unspecified atom stereocenters. The summed E-state index contributed by atoms with van der Waals surface area (Å²) in [5.74, 6) is 0.736. The van der Waals surface area contributed by atoms with E-state index < -0.39 is 4.92 Å². The van der Waals surface area contributed by atoms with Crippen LogP contribution in [0, 0.1) is 21.4 Å². The van der Waals surface area contributed by atoms with Gasteiger partial charge in [-0.3, -0.25) is 10.1 Å². The lowest BCUT2D eigenvalue weighted by molar-refractivity contribution is -0.384. The first-order valence-corrected chi connectivity index (χ1v) is 8.47. The van der Waals surface area contributed by atoms with Crippen LogP contribution >= 0.6 is 0 Å². The van der Waals surface area contributed by atoms with Crippen molar-refractivity contribution in [2.45, 2.75) is 19.4 Å². The second kappa shape index (κ2) is 6.45. The Kier molecular flexibility index (Phi) is 3.98. The number of nitriles is 1. The summed E-state index contributed by atoms with van der Waals surface area (Å²) in [5, 5.41) is 21.1. The average Bonchev–Trinajstić information content (AvgIpc) is 2.89. The Balaban J connectivity index is 1.79. The van der Waals surface area contributed by atoms with Gasteiger partial charge in [-0.05, 0) is 36.1 Å². The van der Waals surface area contributed by atoms with Crippen LogP contribution in [0.15, 0.2) is 48.5 Å². The van der Waals surface area contributed by atoms with Crippen LogP contribution in [0.4, 0.5) is 11.5 Å². The van der Waals surface area contributed by atoms with E-state index in [-0.39, 0.29) is 5.69 Å². The number of hydrogen-bond donors (Lipinski definition) is 0. The molecule has 0 spiro atoms. The van der Waals surface area contributed by atoms with Crippen LogP contribution in [0.1, 0.15) is 23.1 Å². The molecular formula is C20H16N4O2. The van der Waals surface area contributed by atoms with E-state index in [1.54, 1.807) is 12.1 Å². The Morgan fingerprint density at radius 3 is 2.73 bits per heavy atom. The van der Waals surface area contributed by atoms with Gasteiger partial charge >= 0.3 is 0 Å². The largest absolute Gasteiger partial charge is 0.352 e. The van der Waals surface area contributed by atoms with E-state index in [1.807, 2.05) is 6.07 Å². The van der Waals surface area contributed by atoms with Crippen molar-refractivity contribution in [2.24, 2.45) is 0 Å². The number of hydrogen-bond acceptors (Lipinski definition) is 5. The number of aryl methyl sites for hydroxylation is 1. The van der Waals surface area contributed by atoms with Gasteiger partial charge < -0.3 is 4.90 Å². The maximum absolute atomic E-state index is 11.0. The Morgan fingerprint density at radius 1 is 1.15 bits per heavy atom. The van der Waals surface area contributed by atoms with Crippen LogP contribution in [-0.2, 0) is 13.0 Å². The third-order valence-electron chi connectivity index (χ3n) is 4.79. The molecule has 1 aliphatic rings. The molecule has 2 heterocycles. The molecule has 0 atom stereocenters. The number of benzene rings is 2. The smallest absolute Gasteiger partial charge is 0.270 e. The van der Waals surface area contributed by atoms with Crippen molar-refractivity contribution < 1.29 is 4.92 Å². The molecule has 6 heteroatoms. The SMILES string of the molecule is N#Cc1cc(N2CCCc3ccccc3C2)nc2ccc([N+](=O)[O-])cc12. The minimum Gasteiger partial charge on any atom is -0.352 e. The Bertz CT molecular complexity index is 1060. The van der Waals surface area contributed by atoms with Crippen molar-refractivity contribution in [1.29, 1.82) is 5.26 Å². The number of pyridine rings is 1. The van der Waals surface area contributed by atoms with Crippen molar-refractivity contribution in [3.63, 3.8) is 0 Å². The van der Waals surface area contributed by atoms with Crippen molar-refractivity contribution >= 4 is 22.4 Å². The Morgan fingerprint density at radius 2 is 1.96 bits per heavy atom. The van der Waals surface area contributed by atoms with Crippen LogP contribution in [0.2, 0.25) is 0 Å². The predicted molar refractivity (Wildman–Crippen MR) is 98.9 cm³/mol. The highest BCUT2D eigenvalue weighted by atomic mass is 16.6. The van der Waals surface area contributed by atoms with E-state index >= 15 is 0 Å². The van der Waals surface area contributed by atoms with Gasteiger partial charge in [0.05, 0.1) is 22.1 Å². The number of aromatic nitrogens is 1. The Labute approximate surface area is 150 Å². The van der Waals surface area contributed by atoms with E-state index in [4.69, 9.17) is 0 Å². The molecule has 0 fully saturated rings. The lowest BCUT2D eigenvalue weighted by Crippen LogP contribution is -2.23. The highest BCUT2D eigenvalue weighted by Gasteiger charge is 2.18. The number of fused-ring (bicyclic) bond motifs is 2. The van der Waals surface area contributed by atoms with Crippen molar-refractivity contribution in [1.82, 2.24) is 4.98 Å². The fourth-order valence-corrected chi connectivity index (χ4v) is 3.46. The average molecular weight is 344 g/mol. The van der Waals surface area contributed by atoms with Gasteiger partial charge in [0.25, 0.3) is 5.69 Å². The molecule has 2 aromatic carbocycles. The molecule has 0 saturated carbocycles. The lowest BCUT2D eigenvalue weighted by atomic mass is 10.0. The molecule has 0 radical (unpaired) electrons. The highest BCUT2D eigenvalue weighted by Crippen LogP contribution is 2.28. The molecule has 0 amide bonds. The van der Waals surface area contributed by atoms with Gasteiger partial charge in [-0.1, -0.05) is 24.3 Å². The first-order valence-electron chi connectivity index (χ1n) is 8.47. The summed E-state index contributed by atoms with van der Waals surface area (Å²) in [5.41, 5.74) is 3.60. The lowest BCUT2D eigenvalue weighted by Gasteiger charge is -2.22. The van der Waals surface area contributed by atoms with Crippen LogP contribution < -0.4 is 4.90 Å². The number of nitro benzene ring substituents is 1. The van der Waals surface area contributed by atoms with E-state index in [2.05, 4.69) is 34.2 Å². The molecule has 4 rings (SSSR count). The van der Waals surface area contributed by atoms with Crippen LogP contribution in [0.5, 0.6) is 0 Å². The molecular weight excluding hydrogens is 328 g/mol. The summed E-state index contributed by atoms with van der Waals surface area (Å²) >= 11 is 0. The van der Waals surface area contributed by atoms with Crippen LogP contribution in [0.3, 0.4) is 0 Å². The summed E-state index contributed by atoms with van der Waals surface area (Å²) in [6.07, 6.45) is 2.04. The highest BCUT2D eigenvalue weighted by molar-refractivity contribution is 5.88. The summed E-state index contributed by atoms with van der Waals surface area (Å²) in [7, 11) is 0. The summed E-state index contributed by atoms with van der Waals surface area (Å²) in [6, 6.07) is 16.7. The second-order valence-corrected chi connectivity index (χ2v) is 6.39. The molecule has 1 aliphatic heterocycles. The van der Waals surface area contributed by atoms with Crippen LogP contribution in [-0.4, -0.2) is 16.5 Å². The van der Waals surface area contributed by atoms with Gasteiger partial charge in [0.15, 0.2) is 0 Å². The monoisotopic (exact) mass is 344 g/mol. The van der Waals surface area contributed by atoms with E-state index in [1.165, 1.54) is 23.3 Å². The first kappa shape index (κ1) is 16.0. The summed E-state index contributed by atoms with van der Waals surface area (Å²) < 4.78 is 0. The van der Waals surface area contributed by atoms with Gasteiger partial charge in [-0.25, -0.2) is 4.98 Å². The number of rotatable bonds is 2. The predicted octanol–water partition coefficient (Wildman–Crippen LogP) is 3.97. The second-order valence-electron chi connectivity index (χ2n) is 6.39. The van der Waals surface area contributed by atoms with Gasteiger partial charge in [-0.15, -0.1) is 0 Å². The maximum atomic E-state index is 11.0. The third kappa shape index (κ3) is 2.84. The number of non-ortho nitro benzene ring substituents is 1. The molecule has 26 heavy (non-hydrogen) atoms. The summed E-state index contributed by atoms with van der Waals surface area (Å²) in [4.78, 5) is 17.4. The van der Waals surface area contributed by atoms with Crippen molar-refractivity contribution in [3.8, 4) is 6.07 Å². The molecule has 0 saturated heterocycles. The van der Waals surface area contributed by atoms with Crippen molar-refractivity contribution in [3.05, 3.63) is 75.3 Å². The zero-order valence-electron chi connectivity index (χ0n) is 14.1. The van der Waals surface area contributed by atoms with Gasteiger partial charge in [0, 0.05) is 30.6 Å². The quantitative estimate of drug-likeness (QED) is 0.519. The fourth-order valence-electron chi connectivity index (χ4n) is 3.46. The van der Waals surface area contributed by atoms with Gasteiger partial charge in [0.1, 0.15) is 5.82 Å². The number of nitro groups is 1. The van der Waals surface area contributed by atoms with E-state index in [0.29, 0.717) is 16.5 Å². The van der Waals surface area contributed by atoms with Crippen LogP contribution in [0.25, 0.3) is 10.9 Å². The fraction of sp³-hybridized carbons (Fsp3) is 0.200. The van der Waals surface area contributed by atoms with E-state index in [9.17, 15) is 15.4 Å². The normalized spacial score (nSPS) is 13.7. The Hall–Kier alpha value is -3.46. The minimum absolute atomic E-state index is 0.0350. The van der Waals surface area contributed by atoms with E-state index in [0.717, 1.165) is 31.7 Å². The first-order chi connectivity index (χ1) is 12.7. The molecule has 1 aromatic heterocycles. The summed E-state index contributed by atoms with van der Waals surface area (Å²) in [6.45, 7) is 1.59. The molecule has 0 aliphatic carbocycles. The molecule has 0 N–H and O–H groups in total.